The first-order valence-corrected chi connectivity index (χ1v) is 14.5. The fourth-order valence-electron chi connectivity index (χ4n) is 5.68. The molecule has 11 heteroatoms. The van der Waals surface area contributed by atoms with Crippen LogP contribution in [0.3, 0.4) is 0 Å². The van der Waals surface area contributed by atoms with Gasteiger partial charge in [-0.2, -0.15) is 0 Å². The van der Waals surface area contributed by atoms with Gasteiger partial charge in [0.2, 0.25) is 0 Å². The summed E-state index contributed by atoms with van der Waals surface area (Å²) in [5, 5.41) is 15.4. The standard InChI is InChI=1S/C28H36BrFN6O3/c1-28(2,3)39-27(38)32-18-6-4-16(5-7-18)24-15-36(35-34-24)19-10-8-17(9-11-19)31-26(37)23-14-20-22(30)13-12-21(29)25(20)33-23/h12-19,33H,4-11H2,1-3H3,(H,31,37)(H,32,38). The first-order chi connectivity index (χ1) is 18.6. The minimum Gasteiger partial charge on any atom is -0.444 e. The lowest BCUT2D eigenvalue weighted by molar-refractivity contribution is 0.0491. The number of rotatable bonds is 5. The van der Waals surface area contributed by atoms with Crippen molar-refractivity contribution < 1.29 is 18.7 Å². The van der Waals surface area contributed by atoms with Crippen molar-refractivity contribution in [2.45, 2.75) is 102 Å². The number of aromatic nitrogens is 4. The highest BCUT2D eigenvalue weighted by Crippen LogP contribution is 2.34. The Labute approximate surface area is 235 Å². The molecule has 2 fully saturated rings. The van der Waals surface area contributed by atoms with Crippen molar-refractivity contribution >= 4 is 38.8 Å². The molecule has 0 atom stereocenters. The molecular formula is C28H36BrFN6O3. The van der Waals surface area contributed by atoms with Gasteiger partial charge in [0.15, 0.2) is 0 Å². The van der Waals surface area contributed by atoms with E-state index in [1.54, 1.807) is 12.1 Å². The average molecular weight is 604 g/mol. The van der Waals surface area contributed by atoms with Crippen molar-refractivity contribution in [3.8, 4) is 0 Å². The Bertz CT molecular complexity index is 1290. The van der Waals surface area contributed by atoms with Crippen molar-refractivity contribution in [3.05, 3.63) is 46.1 Å². The van der Waals surface area contributed by atoms with E-state index in [0.717, 1.165) is 61.5 Å². The van der Waals surface area contributed by atoms with Crippen LogP contribution in [0.4, 0.5) is 9.18 Å². The van der Waals surface area contributed by atoms with E-state index in [0.29, 0.717) is 22.5 Å². The summed E-state index contributed by atoms with van der Waals surface area (Å²) in [5.41, 5.74) is 1.45. The van der Waals surface area contributed by atoms with Crippen LogP contribution in [0.25, 0.3) is 10.9 Å². The van der Waals surface area contributed by atoms with Crippen molar-refractivity contribution in [2.24, 2.45) is 0 Å². The molecule has 1 aromatic carbocycles. The van der Waals surface area contributed by atoms with Crippen molar-refractivity contribution in [1.29, 1.82) is 0 Å². The van der Waals surface area contributed by atoms with Gasteiger partial charge in [0, 0.05) is 34.1 Å². The first kappa shape index (κ1) is 27.6. The van der Waals surface area contributed by atoms with E-state index < -0.39 is 5.60 Å². The average Bonchev–Trinajstić information content (AvgIpc) is 3.55. The van der Waals surface area contributed by atoms with E-state index >= 15 is 0 Å². The van der Waals surface area contributed by atoms with Gasteiger partial charge in [-0.15, -0.1) is 5.10 Å². The Morgan fingerprint density at radius 3 is 2.38 bits per heavy atom. The first-order valence-electron chi connectivity index (χ1n) is 13.7. The van der Waals surface area contributed by atoms with Gasteiger partial charge in [-0.3, -0.25) is 4.79 Å². The lowest BCUT2D eigenvalue weighted by atomic mass is 9.84. The molecule has 3 aromatic rings. The second-order valence-corrected chi connectivity index (χ2v) is 12.7. The third-order valence-electron chi connectivity index (χ3n) is 7.73. The predicted octanol–water partition coefficient (Wildman–Crippen LogP) is 6.13. The SMILES string of the molecule is CC(C)(C)OC(=O)NC1CCC(c2cn(C3CCC(NC(=O)c4cc5c(F)ccc(Br)c5[nH]4)CC3)nn2)CC1. The molecular weight excluding hydrogens is 567 g/mol. The van der Waals surface area contributed by atoms with Gasteiger partial charge in [-0.05, 0) is 106 Å². The summed E-state index contributed by atoms with van der Waals surface area (Å²) in [5.74, 6) is -0.241. The highest BCUT2D eigenvalue weighted by atomic mass is 79.9. The quantitative estimate of drug-likeness (QED) is 0.325. The fraction of sp³-hybridized carbons (Fsp3) is 0.571. The van der Waals surface area contributed by atoms with Crippen LogP contribution < -0.4 is 10.6 Å². The molecule has 2 aliphatic rings. The van der Waals surface area contributed by atoms with E-state index in [2.05, 4.69) is 48.1 Å². The molecule has 0 unspecified atom stereocenters. The number of carbonyl (C=O) groups is 2. The number of H-pyrrole nitrogens is 1. The summed E-state index contributed by atoms with van der Waals surface area (Å²) in [6.07, 6.45) is 8.87. The smallest absolute Gasteiger partial charge is 0.407 e. The second kappa shape index (κ2) is 11.3. The monoisotopic (exact) mass is 602 g/mol. The van der Waals surface area contributed by atoms with Gasteiger partial charge in [0.05, 0.1) is 17.3 Å². The van der Waals surface area contributed by atoms with Gasteiger partial charge < -0.3 is 20.4 Å². The number of carbonyl (C=O) groups excluding carboxylic acids is 2. The lowest BCUT2D eigenvalue weighted by Crippen LogP contribution is -2.40. The molecule has 0 radical (unpaired) electrons. The van der Waals surface area contributed by atoms with Crippen molar-refractivity contribution in [3.63, 3.8) is 0 Å². The third-order valence-corrected chi connectivity index (χ3v) is 8.40. The minimum atomic E-state index is -0.500. The van der Waals surface area contributed by atoms with Crippen LogP contribution in [0.2, 0.25) is 0 Å². The van der Waals surface area contributed by atoms with Crippen LogP contribution in [0.5, 0.6) is 0 Å². The fourth-order valence-corrected chi connectivity index (χ4v) is 6.13. The van der Waals surface area contributed by atoms with Crippen LogP contribution in [-0.4, -0.2) is 49.7 Å². The summed E-state index contributed by atoms with van der Waals surface area (Å²) in [6.45, 7) is 5.59. The Kier molecular flexibility index (Phi) is 7.98. The van der Waals surface area contributed by atoms with E-state index in [-0.39, 0.29) is 35.9 Å². The Morgan fingerprint density at radius 2 is 1.72 bits per heavy atom. The molecule has 9 nitrogen and oxygen atoms in total. The predicted molar refractivity (Wildman–Crippen MR) is 149 cm³/mol. The topological polar surface area (TPSA) is 114 Å². The summed E-state index contributed by atoms with van der Waals surface area (Å²) in [7, 11) is 0. The van der Waals surface area contributed by atoms with E-state index in [4.69, 9.17) is 4.74 Å². The molecule has 0 bridgehead atoms. The molecule has 0 spiro atoms. The van der Waals surface area contributed by atoms with Gasteiger partial charge in [-0.25, -0.2) is 13.9 Å². The summed E-state index contributed by atoms with van der Waals surface area (Å²) in [4.78, 5) is 27.9. The summed E-state index contributed by atoms with van der Waals surface area (Å²) >= 11 is 3.40. The van der Waals surface area contributed by atoms with Gasteiger partial charge in [-0.1, -0.05) is 5.21 Å². The zero-order valence-corrected chi connectivity index (χ0v) is 24.2. The second-order valence-electron chi connectivity index (χ2n) is 11.8. The van der Waals surface area contributed by atoms with Crippen molar-refractivity contribution in [2.75, 3.05) is 0 Å². The highest BCUT2D eigenvalue weighted by molar-refractivity contribution is 9.10. The zero-order valence-electron chi connectivity index (χ0n) is 22.6. The molecule has 39 heavy (non-hydrogen) atoms. The van der Waals surface area contributed by atoms with Gasteiger partial charge >= 0.3 is 6.09 Å². The summed E-state index contributed by atoms with van der Waals surface area (Å²) < 4.78 is 22.2. The molecule has 2 amide bonds. The van der Waals surface area contributed by atoms with Crippen LogP contribution in [0.15, 0.2) is 28.9 Å². The van der Waals surface area contributed by atoms with E-state index in [1.807, 2.05) is 25.5 Å². The molecule has 0 aliphatic heterocycles. The number of hydrogen-bond acceptors (Lipinski definition) is 5. The number of alkyl carbamates (subject to hydrolysis) is 1. The number of aromatic amines is 1. The van der Waals surface area contributed by atoms with E-state index in [1.165, 1.54) is 6.07 Å². The highest BCUT2D eigenvalue weighted by Gasteiger charge is 2.29. The number of nitrogens with one attached hydrogen (secondary N) is 3. The maximum atomic E-state index is 14.1. The molecule has 2 aromatic heterocycles. The number of benzene rings is 1. The number of hydrogen-bond donors (Lipinski definition) is 3. The molecule has 5 rings (SSSR count). The molecule has 2 saturated carbocycles. The largest absolute Gasteiger partial charge is 0.444 e. The molecule has 0 saturated heterocycles. The van der Waals surface area contributed by atoms with Gasteiger partial charge in [0.25, 0.3) is 5.91 Å². The molecule has 2 heterocycles. The Balaban J connectivity index is 1.09. The van der Waals surface area contributed by atoms with E-state index in [9.17, 15) is 14.0 Å². The van der Waals surface area contributed by atoms with Crippen LogP contribution in [0.1, 0.15) is 100 Å². The van der Waals surface area contributed by atoms with Crippen LogP contribution >= 0.6 is 15.9 Å². The maximum absolute atomic E-state index is 14.1. The number of ether oxygens (including phenoxy) is 1. The normalized spacial score (nSPS) is 23.9. The molecule has 3 N–H and O–H groups in total. The van der Waals surface area contributed by atoms with Crippen LogP contribution in [0, 0.1) is 5.82 Å². The Hall–Kier alpha value is -2.95. The molecule has 2 aliphatic carbocycles. The molecule has 210 valence electrons. The number of nitrogens with zero attached hydrogens (tertiary/aromatic N) is 3. The van der Waals surface area contributed by atoms with Crippen molar-refractivity contribution in [1.82, 2.24) is 30.6 Å². The van der Waals surface area contributed by atoms with Crippen LogP contribution in [-0.2, 0) is 4.74 Å². The minimum absolute atomic E-state index is 0.0594. The Morgan fingerprint density at radius 1 is 1.05 bits per heavy atom. The number of amides is 2. The summed E-state index contributed by atoms with van der Waals surface area (Å²) in [6, 6.07) is 5.01. The number of halogens is 2. The number of fused-ring (bicyclic) bond motifs is 1. The van der Waals surface area contributed by atoms with Gasteiger partial charge in [0.1, 0.15) is 17.1 Å². The lowest BCUT2D eigenvalue weighted by Gasteiger charge is -2.29. The zero-order chi connectivity index (χ0) is 27.7. The maximum Gasteiger partial charge on any atom is 0.407 e. The third kappa shape index (κ3) is 6.62.